The molecule has 0 saturated carbocycles. The fourth-order valence-electron chi connectivity index (χ4n) is 3.07. The monoisotopic (exact) mass is 297 g/mol. The van der Waals surface area contributed by atoms with Gasteiger partial charge in [0.25, 0.3) is 0 Å². The minimum atomic E-state index is 0.324. The highest BCUT2D eigenvalue weighted by Gasteiger charge is 2.22. The van der Waals surface area contributed by atoms with Crippen LogP contribution >= 0.6 is 0 Å². The van der Waals surface area contributed by atoms with Crippen molar-refractivity contribution in [1.29, 1.82) is 0 Å². The molecule has 4 heteroatoms. The second-order valence-electron chi connectivity index (χ2n) is 6.69. The Labute approximate surface area is 131 Å². The molecule has 0 aromatic heterocycles. The van der Waals surface area contributed by atoms with Crippen LogP contribution in [0.1, 0.15) is 46.0 Å². The smallest absolute Gasteiger partial charge is 0.236 e. The van der Waals surface area contributed by atoms with E-state index in [1.54, 1.807) is 0 Å². The van der Waals surface area contributed by atoms with E-state index in [9.17, 15) is 4.79 Å². The molecule has 1 aliphatic rings. The third kappa shape index (κ3) is 7.28. The average molecular weight is 297 g/mol. The number of likely N-dealkylation sites (tertiary alicyclic amines) is 1. The summed E-state index contributed by atoms with van der Waals surface area (Å²) in [7, 11) is 4.29. The molecule has 1 rings (SSSR count). The van der Waals surface area contributed by atoms with Crippen molar-refractivity contribution in [3.8, 4) is 0 Å². The zero-order valence-electron chi connectivity index (χ0n) is 14.6. The Balaban J connectivity index is 2.29. The maximum absolute atomic E-state index is 12.4. The zero-order valence-corrected chi connectivity index (χ0v) is 14.6. The van der Waals surface area contributed by atoms with Gasteiger partial charge in [0, 0.05) is 13.1 Å². The summed E-state index contributed by atoms with van der Waals surface area (Å²) < 4.78 is 0. The molecule has 0 N–H and O–H groups in total. The highest BCUT2D eigenvalue weighted by molar-refractivity contribution is 5.78. The summed E-state index contributed by atoms with van der Waals surface area (Å²) >= 11 is 0. The van der Waals surface area contributed by atoms with Gasteiger partial charge in [-0.05, 0) is 71.8 Å². The standard InChI is InChI=1S/C17H35N3O/c1-5-10-20(11-6-2)17(21)15-19-13-8-16(9-14-19)7-12-18(3)4/h16H,5-15H2,1-4H3. The molecule has 0 aromatic carbocycles. The molecule has 0 bridgehead atoms. The maximum atomic E-state index is 12.4. The van der Waals surface area contributed by atoms with Crippen LogP contribution in [0.3, 0.4) is 0 Å². The molecule has 1 amide bonds. The van der Waals surface area contributed by atoms with Gasteiger partial charge in [0.05, 0.1) is 6.54 Å². The van der Waals surface area contributed by atoms with Crippen molar-refractivity contribution in [3.05, 3.63) is 0 Å². The van der Waals surface area contributed by atoms with Crippen molar-refractivity contribution in [1.82, 2.24) is 14.7 Å². The van der Waals surface area contributed by atoms with Crippen molar-refractivity contribution < 1.29 is 4.79 Å². The van der Waals surface area contributed by atoms with Crippen LogP contribution in [0.4, 0.5) is 0 Å². The molecular formula is C17H35N3O. The minimum absolute atomic E-state index is 0.324. The van der Waals surface area contributed by atoms with E-state index in [0.29, 0.717) is 12.5 Å². The fourth-order valence-corrected chi connectivity index (χ4v) is 3.07. The van der Waals surface area contributed by atoms with Crippen LogP contribution in [-0.4, -0.2) is 74.0 Å². The number of carbonyl (C=O) groups excluding carboxylic acids is 1. The number of carbonyl (C=O) groups is 1. The summed E-state index contributed by atoms with van der Waals surface area (Å²) in [6, 6.07) is 0. The zero-order chi connectivity index (χ0) is 15.7. The van der Waals surface area contributed by atoms with Crippen LogP contribution in [0.15, 0.2) is 0 Å². The first kappa shape index (κ1) is 18.4. The van der Waals surface area contributed by atoms with Crippen molar-refractivity contribution in [2.45, 2.75) is 46.0 Å². The van der Waals surface area contributed by atoms with E-state index in [-0.39, 0.29) is 0 Å². The molecule has 0 aliphatic carbocycles. The van der Waals surface area contributed by atoms with Crippen molar-refractivity contribution >= 4 is 5.91 Å². The van der Waals surface area contributed by atoms with Crippen LogP contribution in [0.25, 0.3) is 0 Å². The first-order valence-electron chi connectivity index (χ1n) is 8.71. The molecule has 0 radical (unpaired) electrons. The molecule has 1 fully saturated rings. The van der Waals surface area contributed by atoms with Gasteiger partial charge < -0.3 is 9.80 Å². The minimum Gasteiger partial charge on any atom is -0.342 e. The van der Waals surface area contributed by atoms with E-state index >= 15 is 0 Å². The van der Waals surface area contributed by atoms with E-state index in [0.717, 1.165) is 44.9 Å². The van der Waals surface area contributed by atoms with Crippen LogP contribution < -0.4 is 0 Å². The Morgan fingerprint density at radius 1 is 1.05 bits per heavy atom. The molecule has 21 heavy (non-hydrogen) atoms. The highest BCUT2D eigenvalue weighted by atomic mass is 16.2. The van der Waals surface area contributed by atoms with Gasteiger partial charge in [-0.2, -0.15) is 0 Å². The summed E-state index contributed by atoms with van der Waals surface area (Å²) in [5, 5.41) is 0. The molecule has 124 valence electrons. The van der Waals surface area contributed by atoms with Gasteiger partial charge in [-0.15, -0.1) is 0 Å². The van der Waals surface area contributed by atoms with Crippen LogP contribution in [0.5, 0.6) is 0 Å². The van der Waals surface area contributed by atoms with Crippen molar-refractivity contribution in [3.63, 3.8) is 0 Å². The summed E-state index contributed by atoms with van der Waals surface area (Å²) in [6.45, 7) is 10.1. The summed E-state index contributed by atoms with van der Waals surface area (Å²) in [5.41, 5.74) is 0. The molecule has 1 aliphatic heterocycles. The van der Waals surface area contributed by atoms with E-state index in [1.165, 1.54) is 25.8 Å². The molecule has 1 heterocycles. The largest absolute Gasteiger partial charge is 0.342 e. The average Bonchev–Trinajstić information content (AvgIpc) is 2.46. The summed E-state index contributed by atoms with van der Waals surface area (Å²) in [6.07, 6.45) is 5.91. The maximum Gasteiger partial charge on any atom is 0.236 e. The Morgan fingerprint density at radius 3 is 2.10 bits per heavy atom. The van der Waals surface area contributed by atoms with Gasteiger partial charge >= 0.3 is 0 Å². The van der Waals surface area contributed by atoms with Crippen LogP contribution in [-0.2, 0) is 4.79 Å². The summed E-state index contributed by atoms with van der Waals surface area (Å²) in [4.78, 5) is 19.0. The molecule has 4 nitrogen and oxygen atoms in total. The first-order chi connectivity index (χ1) is 10.1. The predicted octanol–water partition coefficient (Wildman–Crippen LogP) is 2.30. The lowest BCUT2D eigenvalue weighted by atomic mass is 9.93. The lowest BCUT2D eigenvalue weighted by Crippen LogP contribution is -2.44. The molecule has 0 spiro atoms. The van der Waals surface area contributed by atoms with Gasteiger partial charge in [0.2, 0.25) is 5.91 Å². The Bertz CT molecular complexity index is 280. The number of piperidine rings is 1. The van der Waals surface area contributed by atoms with E-state index in [2.05, 4.69) is 37.7 Å². The molecule has 0 aromatic rings. The third-order valence-corrected chi connectivity index (χ3v) is 4.39. The third-order valence-electron chi connectivity index (χ3n) is 4.39. The number of nitrogens with zero attached hydrogens (tertiary/aromatic N) is 3. The van der Waals surface area contributed by atoms with Gasteiger partial charge in [-0.1, -0.05) is 13.8 Å². The second kappa shape index (κ2) is 10.2. The second-order valence-corrected chi connectivity index (χ2v) is 6.69. The van der Waals surface area contributed by atoms with Crippen molar-refractivity contribution in [2.24, 2.45) is 5.92 Å². The molecule has 0 unspecified atom stereocenters. The SMILES string of the molecule is CCCN(CCC)C(=O)CN1CCC(CCN(C)C)CC1. The molecular weight excluding hydrogens is 262 g/mol. The predicted molar refractivity (Wildman–Crippen MR) is 89.5 cm³/mol. The van der Waals surface area contributed by atoms with Gasteiger partial charge in [-0.3, -0.25) is 9.69 Å². The number of amides is 1. The van der Waals surface area contributed by atoms with Crippen LogP contribution in [0, 0.1) is 5.92 Å². The number of rotatable bonds is 9. The lowest BCUT2D eigenvalue weighted by molar-refractivity contribution is -0.132. The van der Waals surface area contributed by atoms with Crippen LogP contribution in [0.2, 0.25) is 0 Å². The van der Waals surface area contributed by atoms with E-state index in [1.807, 2.05) is 4.90 Å². The topological polar surface area (TPSA) is 26.8 Å². The Kier molecular flexibility index (Phi) is 8.93. The fraction of sp³-hybridized carbons (Fsp3) is 0.941. The number of hydrogen-bond donors (Lipinski definition) is 0. The Hall–Kier alpha value is -0.610. The quantitative estimate of drug-likeness (QED) is 0.653. The lowest BCUT2D eigenvalue weighted by Gasteiger charge is -2.33. The van der Waals surface area contributed by atoms with Crippen molar-refractivity contribution in [2.75, 3.05) is 53.4 Å². The van der Waals surface area contributed by atoms with Gasteiger partial charge in [0.15, 0.2) is 0 Å². The Morgan fingerprint density at radius 2 is 1.62 bits per heavy atom. The van der Waals surface area contributed by atoms with Gasteiger partial charge in [-0.25, -0.2) is 0 Å². The van der Waals surface area contributed by atoms with E-state index in [4.69, 9.17) is 0 Å². The molecule has 0 atom stereocenters. The van der Waals surface area contributed by atoms with E-state index < -0.39 is 0 Å². The highest BCUT2D eigenvalue weighted by Crippen LogP contribution is 2.20. The molecule has 1 saturated heterocycles. The number of hydrogen-bond acceptors (Lipinski definition) is 3. The normalized spacial score (nSPS) is 17.4. The first-order valence-corrected chi connectivity index (χ1v) is 8.71. The summed E-state index contributed by atoms with van der Waals surface area (Å²) in [5.74, 6) is 1.17. The van der Waals surface area contributed by atoms with Gasteiger partial charge in [0.1, 0.15) is 0 Å².